The molecule has 0 spiro atoms. The average Bonchev–Trinajstić information content (AvgIpc) is 2.03. The number of hydrogen-bond donors (Lipinski definition) is 1. The summed E-state index contributed by atoms with van der Waals surface area (Å²) in [5, 5.41) is 3.49. The third-order valence-electron chi connectivity index (χ3n) is 2.08. The second-order valence-corrected chi connectivity index (χ2v) is 3.69. The minimum atomic E-state index is 0. The average molecular weight is 190 g/mol. The summed E-state index contributed by atoms with van der Waals surface area (Å²) in [6.45, 7) is 5.64. The Morgan fingerprint density at radius 2 is 2.08 bits per heavy atom. The van der Waals surface area contributed by atoms with Gasteiger partial charge in [-0.15, -0.1) is 12.4 Å². The third-order valence-corrected chi connectivity index (χ3v) is 2.08. The van der Waals surface area contributed by atoms with E-state index in [1.807, 2.05) is 0 Å². The first-order chi connectivity index (χ1) is 5.29. The van der Waals surface area contributed by atoms with Crippen LogP contribution in [0.5, 0.6) is 0 Å². The van der Waals surface area contributed by atoms with Crippen LogP contribution in [0.15, 0.2) is 12.2 Å². The maximum absolute atomic E-state index is 3.49. The smallest absolute Gasteiger partial charge is 0.0250 e. The molecule has 0 radical (unpaired) electrons. The van der Waals surface area contributed by atoms with Gasteiger partial charge >= 0.3 is 0 Å². The van der Waals surface area contributed by atoms with E-state index in [0.29, 0.717) is 12.0 Å². The summed E-state index contributed by atoms with van der Waals surface area (Å²) in [6.07, 6.45) is 8.68. The summed E-state index contributed by atoms with van der Waals surface area (Å²) in [5.41, 5.74) is 0. The zero-order valence-electron chi connectivity index (χ0n) is 8.05. The van der Waals surface area contributed by atoms with E-state index >= 15 is 0 Å². The lowest BCUT2D eigenvalue weighted by Crippen LogP contribution is -2.32. The molecule has 12 heavy (non-hydrogen) atoms. The van der Waals surface area contributed by atoms with Crippen molar-refractivity contribution in [2.75, 3.05) is 6.54 Å². The highest BCUT2D eigenvalue weighted by molar-refractivity contribution is 5.85. The Hall–Kier alpha value is -0.0100. The van der Waals surface area contributed by atoms with E-state index in [2.05, 4.69) is 31.3 Å². The molecule has 0 amide bonds. The van der Waals surface area contributed by atoms with E-state index in [-0.39, 0.29) is 12.4 Å². The van der Waals surface area contributed by atoms with Crippen molar-refractivity contribution in [1.82, 2.24) is 5.32 Å². The van der Waals surface area contributed by atoms with Crippen LogP contribution in [0.4, 0.5) is 0 Å². The maximum atomic E-state index is 3.49. The SMILES string of the molecule is CC(C)/C=C/C1CCCCN1.Cl. The van der Waals surface area contributed by atoms with Crippen LogP contribution in [0, 0.1) is 5.92 Å². The van der Waals surface area contributed by atoms with Crippen molar-refractivity contribution in [2.45, 2.75) is 39.2 Å². The number of nitrogens with one attached hydrogen (secondary N) is 1. The van der Waals surface area contributed by atoms with Crippen molar-refractivity contribution >= 4 is 12.4 Å². The lowest BCUT2D eigenvalue weighted by atomic mass is 10.0. The van der Waals surface area contributed by atoms with Gasteiger partial charge in [0.25, 0.3) is 0 Å². The van der Waals surface area contributed by atoms with E-state index in [1.165, 1.54) is 25.8 Å². The fourth-order valence-electron chi connectivity index (χ4n) is 1.40. The second-order valence-electron chi connectivity index (χ2n) is 3.69. The monoisotopic (exact) mass is 189 g/mol. The molecule has 1 aliphatic heterocycles. The topological polar surface area (TPSA) is 12.0 Å². The summed E-state index contributed by atoms with van der Waals surface area (Å²) >= 11 is 0. The van der Waals surface area contributed by atoms with Crippen molar-refractivity contribution in [3.05, 3.63) is 12.2 Å². The Morgan fingerprint density at radius 1 is 1.33 bits per heavy atom. The highest BCUT2D eigenvalue weighted by Gasteiger charge is 2.07. The van der Waals surface area contributed by atoms with Gasteiger partial charge in [0.1, 0.15) is 0 Å². The van der Waals surface area contributed by atoms with Gasteiger partial charge in [0.05, 0.1) is 0 Å². The quantitative estimate of drug-likeness (QED) is 0.659. The van der Waals surface area contributed by atoms with Gasteiger partial charge in [-0.2, -0.15) is 0 Å². The normalized spacial score (nSPS) is 24.4. The molecule has 0 aromatic carbocycles. The first-order valence-electron chi connectivity index (χ1n) is 4.71. The molecule has 2 heteroatoms. The third kappa shape index (κ3) is 4.78. The number of halogens is 1. The van der Waals surface area contributed by atoms with Crippen LogP contribution in [-0.4, -0.2) is 12.6 Å². The predicted molar refractivity (Wildman–Crippen MR) is 56.9 cm³/mol. The van der Waals surface area contributed by atoms with E-state index < -0.39 is 0 Å². The van der Waals surface area contributed by atoms with Gasteiger partial charge < -0.3 is 5.32 Å². The molecule has 0 aromatic rings. The minimum absolute atomic E-state index is 0. The molecule has 0 aromatic heterocycles. The van der Waals surface area contributed by atoms with E-state index in [9.17, 15) is 0 Å². The number of piperidine rings is 1. The first kappa shape index (κ1) is 12.0. The van der Waals surface area contributed by atoms with Crippen molar-refractivity contribution in [1.29, 1.82) is 0 Å². The van der Waals surface area contributed by atoms with Gasteiger partial charge in [0, 0.05) is 6.04 Å². The largest absolute Gasteiger partial charge is 0.311 e. The van der Waals surface area contributed by atoms with Crippen LogP contribution >= 0.6 is 12.4 Å². The molecule has 0 aliphatic carbocycles. The summed E-state index contributed by atoms with van der Waals surface area (Å²) < 4.78 is 0. The number of hydrogen-bond acceptors (Lipinski definition) is 1. The lowest BCUT2D eigenvalue weighted by molar-refractivity contribution is 0.453. The van der Waals surface area contributed by atoms with Gasteiger partial charge in [0.2, 0.25) is 0 Å². The van der Waals surface area contributed by atoms with Crippen molar-refractivity contribution in [2.24, 2.45) is 5.92 Å². The van der Waals surface area contributed by atoms with Crippen LogP contribution in [0.2, 0.25) is 0 Å². The Morgan fingerprint density at radius 3 is 2.58 bits per heavy atom. The van der Waals surface area contributed by atoms with Gasteiger partial charge in [-0.25, -0.2) is 0 Å². The molecular weight excluding hydrogens is 170 g/mol. The standard InChI is InChI=1S/C10H19N.ClH/c1-9(2)6-7-10-5-3-4-8-11-10;/h6-7,9-11H,3-5,8H2,1-2H3;1H/b7-6+;. The zero-order valence-corrected chi connectivity index (χ0v) is 8.86. The molecule has 0 bridgehead atoms. The second kappa shape index (κ2) is 6.50. The Labute approximate surface area is 82.0 Å². The Balaban J connectivity index is 0.00000121. The van der Waals surface area contributed by atoms with Gasteiger partial charge in [-0.05, 0) is 25.3 Å². The van der Waals surface area contributed by atoms with Crippen LogP contribution in [0.1, 0.15) is 33.1 Å². The molecule has 1 heterocycles. The highest BCUT2D eigenvalue weighted by atomic mass is 35.5. The number of allylic oxidation sites excluding steroid dienone is 1. The van der Waals surface area contributed by atoms with Gasteiger partial charge in [0.15, 0.2) is 0 Å². The summed E-state index contributed by atoms with van der Waals surface area (Å²) in [4.78, 5) is 0. The predicted octanol–water partition coefficient (Wildman–Crippen LogP) is 2.76. The molecule has 1 nitrogen and oxygen atoms in total. The number of rotatable bonds is 2. The molecule has 1 saturated heterocycles. The van der Waals surface area contributed by atoms with Crippen molar-refractivity contribution in [3.63, 3.8) is 0 Å². The molecule has 1 unspecified atom stereocenters. The molecule has 1 aliphatic rings. The molecule has 1 fully saturated rings. The minimum Gasteiger partial charge on any atom is -0.311 e. The fraction of sp³-hybridized carbons (Fsp3) is 0.800. The molecular formula is C10H20ClN. The maximum Gasteiger partial charge on any atom is 0.0250 e. The van der Waals surface area contributed by atoms with E-state index in [0.717, 1.165) is 0 Å². The van der Waals surface area contributed by atoms with Crippen molar-refractivity contribution in [3.8, 4) is 0 Å². The summed E-state index contributed by atoms with van der Waals surface area (Å²) in [5.74, 6) is 0.693. The van der Waals surface area contributed by atoms with Crippen LogP contribution in [0.25, 0.3) is 0 Å². The summed E-state index contributed by atoms with van der Waals surface area (Å²) in [6, 6.07) is 0.658. The van der Waals surface area contributed by atoms with E-state index in [1.54, 1.807) is 0 Å². The van der Waals surface area contributed by atoms with Gasteiger partial charge in [-0.1, -0.05) is 32.4 Å². The highest BCUT2D eigenvalue weighted by Crippen LogP contribution is 2.08. The zero-order chi connectivity index (χ0) is 8.10. The fourth-order valence-corrected chi connectivity index (χ4v) is 1.40. The first-order valence-corrected chi connectivity index (χ1v) is 4.71. The molecule has 72 valence electrons. The summed E-state index contributed by atoms with van der Waals surface area (Å²) in [7, 11) is 0. The molecule has 1 atom stereocenters. The van der Waals surface area contributed by atoms with Crippen LogP contribution < -0.4 is 5.32 Å². The molecule has 1 N–H and O–H groups in total. The van der Waals surface area contributed by atoms with Gasteiger partial charge in [-0.3, -0.25) is 0 Å². The van der Waals surface area contributed by atoms with E-state index in [4.69, 9.17) is 0 Å². The van der Waals surface area contributed by atoms with Crippen LogP contribution in [-0.2, 0) is 0 Å². The molecule has 1 rings (SSSR count). The van der Waals surface area contributed by atoms with Crippen LogP contribution in [0.3, 0.4) is 0 Å². The van der Waals surface area contributed by atoms with Crippen molar-refractivity contribution < 1.29 is 0 Å². The lowest BCUT2D eigenvalue weighted by Gasteiger charge is -2.20. The Bertz CT molecular complexity index is 126. The Kier molecular flexibility index (Phi) is 6.49. The molecule has 0 saturated carbocycles.